The molecule has 0 saturated carbocycles. The minimum Gasteiger partial charge on any atom is -0.407 e. The Kier molecular flexibility index (Phi) is 4.22. The van der Waals surface area contributed by atoms with Gasteiger partial charge in [0.05, 0.1) is 10.0 Å². The van der Waals surface area contributed by atoms with Crippen LogP contribution in [0, 0.1) is 0 Å². The second-order valence-electron chi connectivity index (χ2n) is 4.26. The van der Waals surface area contributed by atoms with Gasteiger partial charge in [-0.2, -0.15) is 0 Å². The number of nitrogens with zero attached hydrogens (tertiary/aromatic N) is 2. The number of hydrogen-bond donors (Lipinski definition) is 1. The van der Waals surface area contributed by atoms with Crippen LogP contribution in [0.3, 0.4) is 0 Å². The third kappa shape index (κ3) is 3.05. The summed E-state index contributed by atoms with van der Waals surface area (Å²) >= 11 is 11.7. The standard InChI is InChI=1S/C11H11Cl2N3O3S/c1-6(2)10-14-15-11(19-10)16-20(17,18)9-7(12)4-3-5-8(9)13/h3-6H,1-2H3,(H,15,16). The van der Waals surface area contributed by atoms with Gasteiger partial charge in [-0.05, 0) is 12.1 Å². The molecule has 0 aliphatic rings. The van der Waals surface area contributed by atoms with Crippen molar-refractivity contribution in [3.8, 4) is 0 Å². The van der Waals surface area contributed by atoms with E-state index in [0.29, 0.717) is 5.89 Å². The Hall–Kier alpha value is -1.31. The normalized spacial score (nSPS) is 11.8. The maximum absolute atomic E-state index is 12.2. The van der Waals surface area contributed by atoms with Gasteiger partial charge < -0.3 is 4.42 Å². The molecule has 1 aromatic heterocycles. The number of benzene rings is 1. The van der Waals surface area contributed by atoms with E-state index < -0.39 is 10.0 Å². The summed E-state index contributed by atoms with van der Waals surface area (Å²) in [6, 6.07) is 4.17. The van der Waals surface area contributed by atoms with Gasteiger partial charge in [0.2, 0.25) is 5.89 Å². The molecular formula is C11H11Cl2N3O3S. The molecular weight excluding hydrogens is 325 g/mol. The van der Waals surface area contributed by atoms with Crippen molar-refractivity contribution < 1.29 is 12.8 Å². The SMILES string of the molecule is CC(C)c1nnc(NS(=O)(=O)c2c(Cl)cccc2Cl)o1. The number of sulfonamides is 1. The number of halogens is 2. The number of nitrogens with one attached hydrogen (secondary N) is 1. The highest BCUT2D eigenvalue weighted by Crippen LogP contribution is 2.30. The van der Waals surface area contributed by atoms with E-state index in [0.717, 1.165) is 0 Å². The molecule has 1 N–H and O–H groups in total. The van der Waals surface area contributed by atoms with Gasteiger partial charge in [-0.25, -0.2) is 13.1 Å². The van der Waals surface area contributed by atoms with Crippen LogP contribution in [0.4, 0.5) is 6.01 Å². The van der Waals surface area contributed by atoms with Gasteiger partial charge in [-0.15, -0.1) is 5.10 Å². The van der Waals surface area contributed by atoms with E-state index in [1.165, 1.54) is 12.1 Å². The molecule has 20 heavy (non-hydrogen) atoms. The van der Waals surface area contributed by atoms with Gasteiger partial charge in [0, 0.05) is 5.92 Å². The van der Waals surface area contributed by atoms with Crippen LogP contribution in [0.5, 0.6) is 0 Å². The topological polar surface area (TPSA) is 85.1 Å². The Morgan fingerprint density at radius 3 is 2.30 bits per heavy atom. The Morgan fingerprint density at radius 1 is 1.20 bits per heavy atom. The average molecular weight is 336 g/mol. The first kappa shape index (κ1) is 15.1. The molecule has 0 aliphatic carbocycles. The largest absolute Gasteiger partial charge is 0.407 e. The molecule has 0 fully saturated rings. The Bertz CT molecular complexity index is 708. The quantitative estimate of drug-likeness (QED) is 0.926. The molecule has 0 spiro atoms. The van der Waals surface area contributed by atoms with Crippen LogP contribution >= 0.6 is 23.2 Å². The van der Waals surface area contributed by atoms with Gasteiger partial charge in [-0.3, -0.25) is 0 Å². The lowest BCUT2D eigenvalue weighted by Crippen LogP contribution is -2.14. The Morgan fingerprint density at radius 2 is 1.80 bits per heavy atom. The smallest absolute Gasteiger partial charge is 0.329 e. The number of rotatable bonds is 4. The van der Waals surface area contributed by atoms with E-state index in [1.54, 1.807) is 6.07 Å². The molecule has 0 atom stereocenters. The van der Waals surface area contributed by atoms with Crippen molar-refractivity contribution in [2.45, 2.75) is 24.7 Å². The fourth-order valence-electron chi connectivity index (χ4n) is 1.41. The third-order valence-electron chi connectivity index (χ3n) is 2.34. The molecule has 0 bridgehead atoms. The number of aromatic nitrogens is 2. The van der Waals surface area contributed by atoms with Crippen molar-refractivity contribution >= 4 is 39.2 Å². The highest BCUT2D eigenvalue weighted by Gasteiger charge is 2.24. The van der Waals surface area contributed by atoms with E-state index in [4.69, 9.17) is 27.6 Å². The van der Waals surface area contributed by atoms with Gasteiger partial charge in [0.15, 0.2) is 0 Å². The predicted octanol–water partition coefficient (Wildman–Crippen LogP) is 3.30. The number of hydrogen-bond acceptors (Lipinski definition) is 5. The zero-order valence-corrected chi connectivity index (χ0v) is 12.9. The van der Waals surface area contributed by atoms with Gasteiger partial charge in [-0.1, -0.05) is 48.2 Å². The first-order valence-corrected chi connectivity index (χ1v) is 7.85. The molecule has 108 valence electrons. The summed E-state index contributed by atoms with van der Waals surface area (Å²) in [5.74, 6) is 0.317. The molecule has 0 unspecified atom stereocenters. The molecule has 0 radical (unpaired) electrons. The molecule has 1 heterocycles. The highest BCUT2D eigenvalue weighted by atomic mass is 35.5. The van der Waals surface area contributed by atoms with Gasteiger partial charge in [0.1, 0.15) is 4.90 Å². The third-order valence-corrected chi connectivity index (χ3v) is 4.62. The predicted molar refractivity (Wildman–Crippen MR) is 75.7 cm³/mol. The van der Waals surface area contributed by atoms with Gasteiger partial charge in [0.25, 0.3) is 10.0 Å². The maximum atomic E-state index is 12.2. The van der Waals surface area contributed by atoms with Crippen LogP contribution in [0.2, 0.25) is 10.0 Å². The van der Waals surface area contributed by atoms with Crippen molar-refractivity contribution in [2.24, 2.45) is 0 Å². The Labute approximate surface area is 126 Å². The fraction of sp³-hybridized carbons (Fsp3) is 0.273. The summed E-state index contributed by atoms with van der Waals surface area (Å²) in [7, 11) is -4.00. The van der Waals surface area contributed by atoms with Gasteiger partial charge >= 0.3 is 6.01 Å². The molecule has 0 aliphatic heterocycles. The van der Waals surface area contributed by atoms with E-state index in [2.05, 4.69) is 14.9 Å². The van der Waals surface area contributed by atoms with Crippen molar-refractivity contribution in [3.05, 3.63) is 34.1 Å². The maximum Gasteiger partial charge on any atom is 0.329 e. The van der Waals surface area contributed by atoms with Crippen LogP contribution in [0.15, 0.2) is 27.5 Å². The van der Waals surface area contributed by atoms with Crippen molar-refractivity contribution in [2.75, 3.05) is 4.72 Å². The summed E-state index contributed by atoms with van der Waals surface area (Å²) in [5.41, 5.74) is 0. The van der Waals surface area contributed by atoms with E-state index in [-0.39, 0.29) is 26.9 Å². The zero-order valence-electron chi connectivity index (χ0n) is 10.6. The summed E-state index contributed by atoms with van der Waals surface area (Å²) < 4.78 is 31.8. The molecule has 6 nitrogen and oxygen atoms in total. The van der Waals surface area contributed by atoms with Crippen LogP contribution < -0.4 is 4.72 Å². The monoisotopic (exact) mass is 335 g/mol. The van der Waals surface area contributed by atoms with E-state index >= 15 is 0 Å². The second kappa shape index (κ2) is 5.59. The first-order valence-electron chi connectivity index (χ1n) is 5.61. The highest BCUT2D eigenvalue weighted by molar-refractivity contribution is 7.93. The zero-order chi connectivity index (χ0) is 14.9. The summed E-state index contributed by atoms with van der Waals surface area (Å²) in [4.78, 5) is -0.229. The Balaban J connectivity index is 2.36. The molecule has 2 rings (SSSR count). The summed E-state index contributed by atoms with van der Waals surface area (Å²) in [6.07, 6.45) is 0. The first-order chi connectivity index (χ1) is 9.31. The molecule has 0 amide bonds. The van der Waals surface area contributed by atoms with Crippen molar-refractivity contribution in [1.82, 2.24) is 10.2 Å². The molecule has 2 aromatic rings. The lowest BCUT2D eigenvalue weighted by Gasteiger charge is -2.07. The van der Waals surface area contributed by atoms with E-state index in [1.807, 2.05) is 13.8 Å². The molecule has 1 aromatic carbocycles. The van der Waals surface area contributed by atoms with Crippen molar-refractivity contribution in [1.29, 1.82) is 0 Å². The summed E-state index contributed by atoms with van der Waals surface area (Å²) in [6.45, 7) is 3.69. The average Bonchev–Trinajstić information content (AvgIpc) is 2.76. The minimum absolute atomic E-state index is 0.00796. The molecule has 0 saturated heterocycles. The second-order valence-corrected chi connectivity index (χ2v) is 6.69. The van der Waals surface area contributed by atoms with Crippen molar-refractivity contribution in [3.63, 3.8) is 0 Å². The van der Waals surface area contributed by atoms with Crippen LogP contribution in [0.25, 0.3) is 0 Å². The summed E-state index contributed by atoms with van der Waals surface area (Å²) in [5, 5.41) is 7.36. The van der Waals surface area contributed by atoms with Crippen LogP contribution in [-0.4, -0.2) is 18.6 Å². The lowest BCUT2D eigenvalue weighted by molar-refractivity contribution is 0.483. The molecule has 9 heteroatoms. The minimum atomic E-state index is -4.00. The van der Waals surface area contributed by atoms with Crippen LogP contribution in [0.1, 0.15) is 25.7 Å². The number of anilines is 1. The van der Waals surface area contributed by atoms with Crippen LogP contribution in [-0.2, 0) is 10.0 Å². The fourth-order valence-corrected chi connectivity index (χ4v) is 3.49. The van der Waals surface area contributed by atoms with E-state index in [9.17, 15) is 8.42 Å². The lowest BCUT2D eigenvalue weighted by atomic mass is 10.2.